The number of hydrogen-bond acceptors (Lipinski definition) is 3. The molecule has 0 unspecified atom stereocenters. The highest BCUT2D eigenvalue weighted by Crippen LogP contribution is 2.15. The normalized spacial score (nSPS) is 10.5. The molecular weight excluding hydrogens is 209 g/mol. The third-order valence-corrected chi connectivity index (χ3v) is 1.99. The zero-order valence-corrected chi connectivity index (χ0v) is 9.46. The van der Waals surface area contributed by atoms with Crippen molar-refractivity contribution in [2.24, 2.45) is 0 Å². The average molecular weight is 225 g/mol. The largest absolute Gasteiger partial charge is 0.399 e. The van der Waals surface area contributed by atoms with E-state index < -0.39 is 5.82 Å². The van der Waals surface area contributed by atoms with Crippen LogP contribution in [0.4, 0.5) is 15.8 Å². The molecule has 0 aliphatic carbocycles. The van der Waals surface area contributed by atoms with Crippen LogP contribution in [0.3, 0.4) is 0 Å². The number of rotatable bonds is 4. The van der Waals surface area contributed by atoms with Crippen molar-refractivity contribution in [1.82, 2.24) is 4.90 Å². The van der Waals surface area contributed by atoms with Crippen LogP contribution in [-0.2, 0) is 4.79 Å². The van der Waals surface area contributed by atoms with Crippen LogP contribution >= 0.6 is 0 Å². The molecule has 0 radical (unpaired) electrons. The Kier molecular flexibility index (Phi) is 4.25. The summed E-state index contributed by atoms with van der Waals surface area (Å²) >= 11 is 0. The summed E-state index contributed by atoms with van der Waals surface area (Å²) in [7, 11) is 3.76. The van der Waals surface area contributed by atoms with Crippen LogP contribution in [0.25, 0.3) is 0 Å². The minimum Gasteiger partial charge on any atom is -0.399 e. The Bertz CT molecular complexity index is 359. The van der Waals surface area contributed by atoms with Crippen LogP contribution in [-0.4, -0.2) is 31.4 Å². The van der Waals surface area contributed by atoms with Crippen LogP contribution in [0.1, 0.15) is 6.42 Å². The summed E-state index contributed by atoms with van der Waals surface area (Å²) in [5, 5.41) is 2.59. The first-order chi connectivity index (χ1) is 7.47. The molecule has 0 saturated heterocycles. The van der Waals surface area contributed by atoms with Gasteiger partial charge in [-0.1, -0.05) is 0 Å². The Labute approximate surface area is 94.2 Å². The molecule has 0 aromatic heterocycles. The second-order valence-electron chi connectivity index (χ2n) is 3.87. The number of nitrogen functional groups attached to an aromatic ring is 1. The fourth-order valence-corrected chi connectivity index (χ4v) is 1.23. The average Bonchev–Trinajstić information content (AvgIpc) is 2.12. The SMILES string of the molecule is CN(C)CCC(=O)Nc1cc(N)cc(F)c1. The maximum atomic E-state index is 13.0. The van der Waals surface area contributed by atoms with Crippen LogP contribution in [0.15, 0.2) is 18.2 Å². The molecule has 5 heteroatoms. The van der Waals surface area contributed by atoms with Gasteiger partial charge in [0.15, 0.2) is 0 Å². The summed E-state index contributed by atoms with van der Waals surface area (Å²) < 4.78 is 13.0. The molecule has 0 aliphatic heterocycles. The summed E-state index contributed by atoms with van der Waals surface area (Å²) in [6.07, 6.45) is 0.365. The molecule has 1 aromatic carbocycles. The molecule has 1 rings (SSSR count). The number of amides is 1. The number of hydrogen-bond donors (Lipinski definition) is 2. The second kappa shape index (κ2) is 5.46. The van der Waals surface area contributed by atoms with E-state index in [1.807, 2.05) is 19.0 Å². The van der Waals surface area contributed by atoms with Crippen molar-refractivity contribution in [2.45, 2.75) is 6.42 Å². The van der Waals surface area contributed by atoms with E-state index in [1.54, 1.807) is 0 Å². The molecule has 3 N–H and O–H groups in total. The monoisotopic (exact) mass is 225 g/mol. The molecule has 4 nitrogen and oxygen atoms in total. The van der Waals surface area contributed by atoms with Crippen molar-refractivity contribution in [3.63, 3.8) is 0 Å². The summed E-state index contributed by atoms with van der Waals surface area (Å²) in [5.74, 6) is -0.610. The fraction of sp³-hybridized carbons (Fsp3) is 0.364. The van der Waals surface area contributed by atoms with Gasteiger partial charge < -0.3 is 16.0 Å². The van der Waals surface area contributed by atoms with E-state index in [2.05, 4.69) is 5.32 Å². The zero-order chi connectivity index (χ0) is 12.1. The quantitative estimate of drug-likeness (QED) is 0.759. The van der Waals surface area contributed by atoms with E-state index in [1.165, 1.54) is 18.2 Å². The zero-order valence-electron chi connectivity index (χ0n) is 9.46. The van der Waals surface area contributed by atoms with E-state index >= 15 is 0 Å². The van der Waals surface area contributed by atoms with Gasteiger partial charge in [0.1, 0.15) is 5.82 Å². The van der Waals surface area contributed by atoms with E-state index in [-0.39, 0.29) is 5.91 Å². The Morgan fingerprint density at radius 3 is 2.69 bits per heavy atom. The minimum absolute atomic E-state index is 0.154. The number of anilines is 2. The Morgan fingerprint density at radius 1 is 1.44 bits per heavy atom. The molecule has 0 spiro atoms. The van der Waals surface area contributed by atoms with Gasteiger partial charge in [0.2, 0.25) is 5.91 Å². The van der Waals surface area contributed by atoms with Crippen molar-refractivity contribution in [3.8, 4) is 0 Å². The topological polar surface area (TPSA) is 58.4 Å². The molecule has 1 amide bonds. The highest BCUT2D eigenvalue weighted by Gasteiger charge is 2.04. The maximum Gasteiger partial charge on any atom is 0.225 e. The van der Waals surface area contributed by atoms with Gasteiger partial charge in [-0.15, -0.1) is 0 Å². The van der Waals surface area contributed by atoms with Gasteiger partial charge in [-0.25, -0.2) is 4.39 Å². The minimum atomic E-state index is -0.456. The van der Waals surface area contributed by atoms with Crippen LogP contribution in [0.5, 0.6) is 0 Å². The van der Waals surface area contributed by atoms with Crippen molar-refractivity contribution in [3.05, 3.63) is 24.0 Å². The number of nitrogens with one attached hydrogen (secondary N) is 1. The summed E-state index contributed by atoms with van der Waals surface area (Å²) in [5.41, 5.74) is 6.14. The summed E-state index contributed by atoms with van der Waals surface area (Å²) in [6, 6.07) is 3.97. The van der Waals surface area contributed by atoms with Gasteiger partial charge in [0.05, 0.1) is 0 Å². The summed E-state index contributed by atoms with van der Waals surface area (Å²) in [4.78, 5) is 13.3. The lowest BCUT2D eigenvalue weighted by Gasteiger charge is -2.10. The molecular formula is C11H16FN3O. The Morgan fingerprint density at radius 2 is 2.12 bits per heavy atom. The summed E-state index contributed by atoms with van der Waals surface area (Å²) in [6.45, 7) is 0.649. The van der Waals surface area contributed by atoms with Crippen molar-refractivity contribution < 1.29 is 9.18 Å². The van der Waals surface area contributed by atoms with E-state index in [0.29, 0.717) is 24.3 Å². The predicted octanol–water partition coefficient (Wildman–Crippen LogP) is 1.30. The highest BCUT2D eigenvalue weighted by molar-refractivity contribution is 5.91. The van der Waals surface area contributed by atoms with Crippen LogP contribution < -0.4 is 11.1 Å². The van der Waals surface area contributed by atoms with E-state index in [9.17, 15) is 9.18 Å². The maximum absolute atomic E-state index is 13.0. The first-order valence-corrected chi connectivity index (χ1v) is 4.98. The van der Waals surface area contributed by atoms with E-state index in [4.69, 9.17) is 5.73 Å². The fourth-order valence-electron chi connectivity index (χ4n) is 1.23. The molecule has 16 heavy (non-hydrogen) atoms. The Hall–Kier alpha value is -1.62. The lowest BCUT2D eigenvalue weighted by atomic mass is 10.2. The van der Waals surface area contributed by atoms with Crippen molar-refractivity contribution in [1.29, 1.82) is 0 Å². The number of benzene rings is 1. The number of carbonyl (C=O) groups is 1. The van der Waals surface area contributed by atoms with Gasteiger partial charge in [-0.2, -0.15) is 0 Å². The molecule has 0 atom stereocenters. The number of halogens is 1. The number of carbonyl (C=O) groups excluding carboxylic acids is 1. The van der Waals surface area contributed by atoms with Crippen molar-refractivity contribution >= 4 is 17.3 Å². The lowest BCUT2D eigenvalue weighted by molar-refractivity contribution is -0.116. The molecule has 0 heterocycles. The third kappa shape index (κ3) is 4.27. The molecule has 0 fully saturated rings. The molecule has 0 saturated carbocycles. The van der Waals surface area contributed by atoms with Crippen molar-refractivity contribution in [2.75, 3.05) is 31.7 Å². The standard InChI is InChI=1S/C11H16FN3O/c1-15(2)4-3-11(16)14-10-6-8(12)5-9(13)7-10/h5-7H,3-4,13H2,1-2H3,(H,14,16). The molecule has 0 bridgehead atoms. The first kappa shape index (κ1) is 12.4. The molecule has 0 aliphatic rings. The van der Waals surface area contributed by atoms with Gasteiger partial charge in [-0.05, 0) is 32.3 Å². The second-order valence-corrected chi connectivity index (χ2v) is 3.87. The van der Waals surface area contributed by atoms with E-state index in [0.717, 1.165) is 0 Å². The predicted molar refractivity (Wildman–Crippen MR) is 62.6 cm³/mol. The van der Waals surface area contributed by atoms with Gasteiger partial charge in [0.25, 0.3) is 0 Å². The number of nitrogens with two attached hydrogens (primary N) is 1. The Balaban J connectivity index is 2.56. The van der Waals surface area contributed by atoms with Crippen LogP contribution in [0, 0.1) is 5.82 Å². The van der Waals surface area contributed by atoms with Crippen LogP contribution in [0.2, 0.25) is 0 Å². The van der Waals surface area contributed by atoms with Gasteiger partial charge >= 0.3 is 0 Å². The van der Waals surface area contributed by atoms with Gasteiger partial charge in [-0.3, -0.25) is 4.79 Å². The van der Waals surface area contributed by atoms with Gasteiger partial charge in [0, 0.05) is 24.3 Å². The number of nitrogens with zero attached hydrogens (tertiary/aromatic N) is 1. The molecule has 1 aromatic rings. The molecule has 88 valence electrons. The first-order valence-electron chi connectivity index (χ1n) is 4.98. The highest BCUT2D eigenvalue weighted by atomic mass is 19.1. The third-order valence-electron chi connectivity index (χ3n) is 1.99. The lowest BCUT2D eigenvalue weighted by Crippen LogP contribution is -2.20. The smallest absolute Gasteiger partial charge is 0.225 e.